The van der Waals surface area contributed by atoms with E-state index < -0.39 is 0 Å². The molecule has 25 valence electrons. The van der Waals surface area contributed by atoms with Gasteiger partial charge in [-0.1, -0.05) is 0 Å². The van der Waals surface area contributed by atoms with Crippen molar-refractivity contribution in [3.63, 3.8) is 0 Å². The average molecular weight is 258 g/mol. The third-order valence-corrected chi connectivity index (χ3v) is 0. The standard InChI is InChI=1S/Bi.HNO2.2H/c;2-1-3;;/h;(H,2,3);;. The van der Waals surface area contributed by atoms with Crippen molar-refractivity contribution in [2.75, 3.05) is 0 Å². The van der Waals surface area contributed by atoms with Crippen LogP contribution in [0.3, 0.4) is 0 Å². The molecule has 3 nitrogen and oxygen atoms in total. The Morgan fingerprint density at radius 3 is 2.00 bits per heavy atom. The maximum absolute atomic E-state index is 8.99. The second-order valence-electron chi connectivity index (χ2n) is 0.303. The summed E-state index contributed by atoms with van der Waals surface area (Å²) in [6, 6.07) is 0. The van der Waals surface area contributed by atoms with E-state index in [1.54, 1.807) is 0 Å². The van der Waals surface area contributed by atoms with E-state index in [0.29, 0.717) is 0 Å². The first-order valence-electron chi connectivity index (χ1n) is 0.641. The minimum atomic E-state index is -0.0833. The van der Waals surface area contributed by atoms with Crippen LogP contribution in [-0.4, -0.2) is 33.1 Å². The first-order valence-corrected chi connectivity index (χ1v) is 2.65. The molecule has 0 unspecified atom stereocenters. The fraction of sp³-hybridized carbons (Fsp3) is 0. The summed E-state index contributed by atoms with van der Waals surface area (Å²) in [5.41, 5.74) is 0. The summed E-state index contributed by atoms with van der Waals surface area (Å²) in [7, 11) is 0. The Morgan fingerprint density at radius 2 is 2.00 bits per heavy atom. The fourth-order valence-electron chi connectivity index (χ4n) is 0. The second-order valence-corrected chi connectivity index (χ2v) is 2.02. The van der Waals surface area contributed by atoms with Gasteiger partial charge in [0.15, 0.2) is 0 Å². The third kappa shape index (κ3) is 46.9. The van der Waals surface area contributed by atoms with Gasteiger partial charge in [-0.2, -0.15) is 0 Å². The molecule has 0 aromatic heterocycles. The van der Waals surface area contributed by atoms with Gasteiger partial charge in [0, 0.05) is 0 Å². The van der Waals surface area contributed by atoms with Crippen LogP contribution in [0.15, 0.2) is 0 Å². The minimum absolute atomic E-state index is 0.0185. The Morgan fingerprint density at radius 1 is 2.00 bits per heavy atom. The van der Waals surface area contributed by atoms with E-state index in [1.165, 1.54) is 0 Å². The van der Waals surface area contributed by atoms with Crippen molar-refractivity contribution in [2.24, 2.45) is 0 Å². The summed E-state index contributed by atoms with van der Waals surface area (Å²) in [6.07, 6.45) is 0. The molecule has 0 spiro atoms. The van der Waals surface area contributed by atoms with Crippen molar-refractivity contribution in [3.05, 3.63) is 4.91 Å². The predicted molar refractivity (Wildman–Crippen MR) is 14.0 cm³/mol. The quantitative estimate of drug-likeness (QED) is 0.433. The normalized spacial score (nSPS) is 6.25. The van der Waals surface area contributed by atoms with Crippen LogP contribution in [0.2, 0.25) is 0 Å². The van der Waals surface area contributed by atoms with Gasteiger partial charge in [0.25, 0.3) is 0 Å². The van der Waals surface area contributed by atoms with E-state index in [4.69, 9.17) is 10.1 Å². The van der Waals surface area contributed by atoms with Crippen molar-refractivity contribution in [2.45, 2.75) is 0 Å². The molecule has 0 bridgehead atoms. The number of hydrogen-bond donors (Lipinski definition) is 1. The molecule has 1 radical (unpaired) electrons. The number of hydrogen-bond acceptors (Lipinski definition) is 1. The summed E-state index contributed by atoms with van der Waals surface area (Å²) < 4.78 is -0.0833. The van der Waals surface area contributed by atoms with Crippen molar-refractivity contribution >= 4 is 25.0 Å². The maximum atomic E-state index is 8.99. The first kappa shape index (κ1) is 4.28. The van der Waals surface area contributed by atoms with Crippen LogP contribution in [0, 0.1) is 4.91 Å². The third-order valence-electron chi connectivity index (χ3n) is 0. The molecule has 0 aliphatic carbocycles. The van der Waals surface area contributed by atoms with Crippen LogP contribution in [0.1, 0.15) is 0 Å². The van der Waals surface area contributed by atoms with Gasteiger partial charge in [-0.3, -0.25) is 0 Å². The van der Waals surface area contributed by atoms with Crippen LogP contribution in [0.5, 0.6) is 0 Å². The zero-order valence-electron chi connectivity index (χ0n) is 1.88. The molecule has 0 amide bonds. The molecular weight excluding hydrogens is 255 g/mol. The van der Waals surface area contributed by atoms with Gasteiger partial charge in [-0.05, 0) is 0 Å². The molecule has 0 aromatic carbocycles. The molecule has 4 heteroatoms. The van der Waals surface area contributed by atoms with Gasteiger partial charge in [-0.25, -0.2) is 0 Å². The van der Waals surface area contributed by atoms with Crippen LogP contribution in [0.25, 0.3) is 0 Å². The van der Waals surface area contributed by atoms with E-state index >= 15 is 0 Å². The van der Waals surface area contributed by atoms with E-state index in [2.05, 4.69) is 0 Å². The first-order chi connectivity index (χ1) is 1.73. The number of nitrogens with zero attached hydrogens (tertiary/aromatic N) is 1. The molecule has 0 heterocycles. The molecule has 4 heavy (non-hydrogen) atoms. The monoisotopic (exact) mass is 258 g/mol. The van der Waals surface area contributed by atoms with Gasteiger partial charge in [0.05, 0.1) is 0 Å². The summed E-state index contributed by atoms with van der Waals surface area (Å²) in [5, 5.41) is 7.41. The molecule has 0 fully saturated rings. The van der Waals surface area contributed by atoms with Crippen LogP contribution in [-0.2, 0) is 0 Å². The van der Waals surface area contributed by atoms with Gasteiger partial charge < -0.3 is 0 Å². The van der Waals surface area contributed by atoms with Crippen molar-refractivity contribution in [1.82, 2.24) is 0 Å². The Labute approximate surface area is 38.4 Å². The zero-order chi connectivity index (χ0) is 3.58. The molecule has 0 saturated carbocycles. The Hall–Kier alpha value is 0.283. The molecule has 0 aliphatic heterocycles. The predicted octanol–water partition coefficient (Wildman–Crippen LogP) is -1.30. The molecule has 0 rings (SSSR count). The van der Waals surface area contributed by atoms with Crippen LogP contribution in [0.4, 0.5) is 0 Å². The molecule has 0 aliphatic rings. The molecule has 0 aromatic rings. The molecule has 1 N–H and O–H groups in total. The van der Waals surface area contributed by atoms with Crippen LogP contribution >= 0.6 is 0 Å². The number of rotatable bonds is 0. The Bertz CT molecular complexity index is 29.0. The Kier molecular flexibility index (Phi) is 1.70. The molecular formula is H3BiNO2. The van der Waals surface area contributed by atoms with E-state index in [9.17, 15) is 0 Å². The SMILES string of the molecule is O=[N+](O)[BiH2-]. The zero-order valence-corrected chi connectivity index (χ0v) is 6.37. The van der Waals surface area contributed by atoms with Gasteiger partial charge >= 0.3 is 38.0 Å². The second kappa shape index (κ2) is 1.59. The summed E-state index contributed by atoms with van der Waals surface area (Å²) in [6.45, 7) is 0. The van der Waals surface area contributed by atoms with Gasteiger partial charge in [-0.15, -0.1) is 0 Å². The van der Waals surface area contributed by atoms with E-state index in [1.807, 2.05) is 0 Å². The Balaban J connectivity index is 2.80. The summed E-state index contributed by atoms with van der Waals surface area (Å²) >= 11 is 0.0185. The molecule has 0 atom stereocenters. The van der Waals surface area contributed by atoms with Gasteiger partial charge in [0.1, 0.15) is 0 Å². The van der Waals surface area contributed by atoms with E-state index in [0.717, 1.165) is 0 Å². The molecule has 0 saturated heterocycles. The average Bonchev–Trinajstić information content (AvgIpc) is 0.811. The topological polar surface area (TPSA) is 40.3 Å². The summed E-state index contributed by atoms with van der Waals surface area (Å²) in [5.74, 6) is 0. The van der Waals surface area contributed by atoms with Crippen LogP contribution < -0.4 is 0 Å². The van der Waals surface area contributed by atoms with E-state index in [-0.39, 0.29) is 27.9 Å². The van der Waals surface area contributed by atoms with Crippen molar-refractivity contribution < 1.29 is 8.07 Å². The summed E-state index contributed by atoms with van der Waals surface area (Å²) in [4.78, 5) is 8.99. The fourth-order valence-corrected chi connectivity index (χ4v) is 0. The van der Waals surface area contributed by atoms with Crippen molar-refractivity contribution in [3.8, 4) is 0 Å². The van der Waals surface area contributed by atoms with Crippen molar-refractivity contribution in [1.29, 1.82) is 0 Å². The van der Waals surface area contributed by atoms with Gasteiger partial charge in [0.2, 0.25) is 0 Å².